The fourth-order valence-corrected chi connectivity index (χ4v) is 3.23. The van der Waals surface area contributed by atoms with Crippen molar-refractivity contribution in [2.75, 3.05) is 4.72 Å². The van der Waals surface area contributed by atoms with Crippen LogP contribution in [0, 0.1) is 34.6 Å². The number of halogens is 4. The third-order valence-corrected chi connectivity index (χ3v) is 4.91. The second kappa shape index (κ2) is 7.76. The lowest BCUT2D eigenvalue weighted by Gasteiger charge is -2.12. The van der Waals surface area contributed by atoms with Crippen LogP contribution < -0.4 is 9.46 Å². The number of rotatable bonds is 5. The molecule has 0 atom stereocenters. The van der Waals surface area contributed by atoms with E-state index in [1.807, 2.05) is 0 Å². The zero-order chi connectivity index (χ0) is 21.2. The zero-order valence-corrected chi connectivity index (χ0v) is 15.0. The molecule has 3 aromatic rings. The molecule has 11 heteroatoms. The minimum Gasteiger partial charge on any atom is -0.450 e. The summed E-state index contributed by atoms with van der Waals surface area (Å²) in [5.41, 5.74) is -0.386. The summed E-state index contributed by atoms with van der Waals surface area (Å²) >= 11 is 0. The Hall–Kier alpha value is -3.65. The first-order valence-corrected chi connectivity index (χ1v) is 9.19. The summed E-state index contributed by atoms with van der Waals surface area (Å²) in [6.07, 6.45) is 0.803. The fourth-order valence-electron chi connectivity index (χ4n) is 2.20. The van der Waals surface area contributed by atoms with Gasteiger partial charge in [-0.05, 0) is 42.5 Å². The van der Waals surface area contributed by atoms with Gasteiger partial charge in [-0.2, -0.15) is 9.65 Å². The average Bonchev–Trinajstić information content (AvgIpc) is 2.69. The molecule has 0 aliphatic carbocycles. The molecule has 0 saturated carbocycles. The third kappa shape index (κ3) is 4.27. The van der Waals surface area contributed by atoms with Crippen LogP contribution in [0.2, 0.25) is 0 Å². The topological polar surface area (TPSA) is 92.1 Å². The molecule has 0 radical (unpaired) electrons. The minimum atomic E-state index is -4.22. The Labute approximate surface area is 162 Å². The number of pyridine rings is 1. The summed E-state index contributed by atoms with van der Waals surface area (Å²) in [4.78, 5) is 3.16. The molecule has 3 rings (SSSR count). The van der Waals surface area contributed by atoms with Crippen LogP contribution in [0.25, 0.3) is 0 Å². The van der Waals surface area contributed by atoms with Crippen molar-refractivity contribution in [3.8, 4) is 17.6 Å². The Morgan fingerprint density at radius 3 is 2.38 bits per heavy atom. The number of ether oxygens (including phenoxy) is 1. The SMILES string of the molecule is N#Cc1cc(S(=O)(=O)Nc2ccc(F)cn2)ccc1Oc1c(F)ccc(F)c1F. The number of nitrogens with one attached hydrogen (secondary N) is 1. The van der Waals surface area contributed by atoms with Crippen molar-refractivity contribution in [2.24, 2.45) is 0 Å². The van der Waals surface area contributed by atoms with Gasteiger partial charge in [0.15, 0.2) is 11.6 Å². The quantitative estimate of drug-likeness (QED) is 0.493. The number of aromatic nitrogens is 1. The maximum absolute atomic E-state index is 13.8. The first-order valence-electron chi connectivity index (χ1n) is 7.71. The number of nitriles is 1. The van der Waals surface area contributed by atoms with Gasteiger partial charge in [0.05, 0.1) is 16.7 Å². The molecule has 6 nitrogen and oxygen atoms in total. The lowest BCUT2D eigenvalue weighted by Crippen LogP contribution is -2.14. The second-order valence-corrected chi connectivity index (χ2v) is 7.19. The lowest BCUT2D eigenvalue weighted by molar-refractivity contribution is 0.386. The fraction of sp³-hybridized carbons (Fsp3) is 0. The zero-order valence-electron chi connectivity index (χ0n) is 14.2. The van der Waals surface area contributed by atoms with E-state index < -0.39 is 49.7 Å². The van der Waals surface area contributed by atoms with Gasteiger partial charge < -0.3 is 4.74 Å². The van der Waals surface area contributed by atoms with Gasteiger partial charge in [-0.3, -0.25) is 4.72 Å². The van der Waals surface area contributed by atoms with E-state index >= 15 is 0 Å². The molecule has 29 heavy (non-hydrogen) atoms. The minimum absolute atomic E-state index is 0.172. The predicted molar refractivity (Wildman–Crippen MR) is 92.6 cm³/mol. The van der Waals surface area contributed by atoms with Crippen LogP contribution in [0.1, 0.15) is 5.56 Å². The molecule has 0 saturated heterocycles. The van der Waals surface area contributed by atoms with Gasteiger partial charge in [-0.1, -0.05) is 0 Å². The van der Waals surface area contributed by atoms with Gasteiger partial charge in [0, 0.05) is 0 Å². The molecule has 1 N–H and O–H groups in total. The van der Waals surface area contributed by atoms with Crippen LogP contribution in [-0.4, -0.2) is 13.4 Å². The van der Waals surface area contributed by atoms with E-state index in [0.29, 0.717) is 12.1 Å². The normalized spacial score (nSPS) is 11.0. The largest absolute Gasteiger partial charge is 0.450 e. The van der Waals surface area contributed by atoms with Gasteiger partial charge in [0.2, 0.25) is 11.6 Å². The Morgan fingerprint density at radius 2 is 1.72 bits per heavy atom. The van der Waals surface area contributed by atoms with Crippen molar-refractivity contribution in [2.45, 2.75) is 4.90 Å². The molecule has 0 aliphatic heterocycles. The third-order valence-electron chi connectivity index (χ3n) is 3.56. The molecule has 0 unspecified atom stereocenters. The van der Waals surface area contributed by atoms with E-state index in [1.54, 1.807) is 6.07 Å². The maximum atomic E-state index is 13.8. The number of hydrogen-bond acceptors (Lipinski definition) is 5. The van der Waals surface area contributed by atoms with Gasteiger partial charge in [0.25, 0.3) is 10.0 Å². The molecule has 1 aromatic heterocycles. The first kappa shape index (κ1) is 20.1. The summed E-state index contributed by atoms with van der Waals surface area (Å²) < 4.78 is 85.5. The van der Waals surface area contributed by atoms with Crippen LogP contribution in [0.5, 0.6) is 11.5 Å². The molecule has 148 valence electrons. The molecule has 0 amide bonds. The standard InChI is InChI=1S/C18H9F4N3O3S/c19-11-1-6-16(24-9-11)25-29(26,27)12-2-5-15(10(7-12)8-23)28-18-14(21)4-3-13(20)17(18)22/h1-7,9H,(H,24,25). The van der Waals surface area contributed by atoms with Crippen LogP contribution in [0.15, 0.2) is 53.6 Å². The molecule has 1 heterocycles. The molecular formula is C18H9F4N3O3S. The van der Waals surface area contributed by atoms with Crippen LogP contribution in [0.4, 0.5) is 23.4 Å². The first-order chi connectivity index (χ1) is 13.7. The van der Waals surface area contributed by atoms with Gasteiger partial charge in [-0.15, -0.1) is 0 Å². The number of benzene rings is 2. The predicted octanol–water partition coefficient (Wildman–Crippen LogP) is 4.10. The monoisotopic (exact) mass is 423 g/mol. The Bertz CT molecular complexity index is 1230. The van der Waals surface area contributed by atoms with Crippen LogP contribution in [0.3, 0.4) is 0 Å². The highest BCUT2D eigenvalue weighted by molar-refractivity contribution is 7.92. The van der Waals surface area contributed by atoms with Crippen molar-refractivity contribution >= 4 is 15.8 Å². The van der Waals surface area contributed by atoms with Crippen molar-refractivity contribution in [1.82, 2.24) is 4.98 Å². The summed E-state index contributed by atoms with van der Waals surface area (Å²) in [5, 5.41) is 9.24. The summed E-state index contributed by atoms with van der Waals surface area (Å²) in [6, 6.07) is 7.77. The average molecular weight is 423 g/mol. The maximum Gasteiger partial charge on any atom is 0.263 e. The lowest BCUT2D eigenvalue weighted by atomic mass is 10.2. The molecule has 2 aromatic carbocycles. The smallest absolute Gasteiger partial charge is 0.263 e. The van der Waals surface area contributed by atoms with Crippen molar-refractivity contribution in [1.29, 1.82) is 5.26 Å². The van der Waals surface area contributed by atoms with Crippen molar-refractivity contribution in [3.63, 3.8) is 0 Å². The van der Waals surface area contributed by atoms with Crippen molar-refractivity contribution < 1.29 is 30.7 Å². The number of sulfonamides is 1. The molecule has 0 spiro atoms. The molecule has 0 aliphatic rings. The van der Waals surface area contributed by atoms with E-state index in [9.17, 15) is 31.2 Å². The van der Waals surface area contributed by atoms with Gasteiger partial charge in [-0.25, -0.2) is 26.6 Å². The van der Waals surface area contributed by atoms with Crippen LogP contribution in [-0.2, 0) is 10.0 Å². The van der Waals surface area contributed by atoms with Crippen molar-refractivity contribution in [3.05, 3.63) is 77.5 Å². The Morgan fingerprint density at radius 1 is 1.00 bits per heavy atom. The summed E-state index contributed by atoms with van der Waals surface area (Å²) in [7, 11) is -4.22. The Balaban J connectivity index is 1.94. The van der Waals surface area contributed by atoms with E-state index in [0.717, 1.165) is 36.5 Å². The molecule has 0 bridgehead atoms. The highest BCUT2D eigenvalue weighted by Gasteiger charge is 2.21. The van der Waals surface area contributed by atoms with Gasteiger partial charge >= 0.3 is 0 Å². The summed E-state index contributed by atoms with van der Waals surface area (Å²) in [6.45, 7) is 0. The Kier molecular flexibility index (Phi) is 5.38. The molecule has 0 fully saturated rings. The van der Waals surface area contributed by atoms with Crippen LogP contribution >= 0.6 is 0 Å². The van der Waals surface area contributed by atoms with E-state index in [4.69, 9.17) is 4.74 Å². The highest BCUT2D eigenvalue weighted by Crippen LogP contribution is 2.32. The van der Waals surface area contributed by atoms with E-state index in [2.05, 4.69) is 9.71 Å². The number of hydrogen-bond donors (Lipinski definition) is 1. The van der Waals surface area contributed by atoms with E-state index in [1.165, 1.54) is 0 Å². The van der Waals surface area contributed by atoms with Gasteiger partial charge in [0.1, 0.15) is 23.5 Å². The number of anilines is 1. The second-order valence-electron chi connectivity index (χ2n) is 5.51. The molecular weight excluding hydrogens is 414 g/mol. The summed E-state index contributed by atoms with van der Waals surface area (Å²) in [5.74, 6) is -6.49. The van der Waals surface area contributed by atoms with E-state index in [-0.39, 0.29) is 11.4 Å². The highest BCUT2D eigenvalue weighted by atomic mass is 32.2. The number of nitrogens with zero attached hydrogens (tertiary/aromatic N) is 2.